The van der Waals surface area contributed by atoms with Gasteiger partial charge in [0.2, 0.25) is 0 Å². The van der Waals surface area contributed by atoms with Crippen LogP contribution in [0.3, 0.4) is 0 Å². The molecule has 0 aromatic heterocycles. The third kappa shape index (κ3) is 6.39. The number of nitrogens with one attached hydrogen (secondary N) is 3. The van der Waals surface area contributed by atoms with Gasteiger partial charge in [-0.15, -0.1) is 0 Å². The van der Waals surface area contributed by atoms with E-state index in [0.29, 0.717) is 49.6 Å². The van der Waals surface area contributed by atoms with Crippen LogP contribution in [-0.2, 0) is 6.54 Å². The van der Waals surface area contributed by atoms with E-state index in [1.807, 2.05) is 18.2 Å². The number of alkyl halides is 1. The van der Waals surface area contributed by atoms with Gasteiger partial charge in [0, 0.05) is 47.9 Å². The molecule has 0 radical (unpaired) electrons. The Hall–Kier alpha value is -1.15. The molecule has 6 N–H and O–H groups in total. The van der Waals surface area contributed by atoms with E-state index in [1.165, 1.54) is 0 Å². The molecule has 24 heavy (non-hydrogen) atoms. The van der Waals surface area contributed by atoms with Gasteiger partial charge in [-0.2, -0.15) is 12.6 Å². The summed E-state index contributed by atoms with van der Waals surface area (Å²) < 4.78 is 12.6. The fraction of sp³-hybridized carbons (Fsp3) is 0.588. The second kappa shape index (κ2) is 10.7. The lowest BCUT2D eigenvalue weighted by molar-refractivity contribution is 0.243. The smallest absolute Gasteiger partial charge is 0.0895 e. The summed E-state index contributed by atoms with van der Waals surface area (Å²) in [6.45, 7) is 3.06. The molecule has 136 valence electrons. The van der Waals surface area contributed by atoms with Crippen LogP contribution in [0.4, 0.5) is 10.1 Å². The Morgan fingerprint density at radius 3 is 2.79 bits per heavy atom. The lowest BCUT2D eigenvalue weighted by Crippen LogP contribution is -2.55. The van der Waals surface area contributed by atoms with E-state index < -0.39 is 0 Å². The predicted molar refractivity (Wildman–Crippen MR) is 102 cm³/mol. The summed E-state index contributed by atoms with van der Waals surface area (Å²) in [6.07, 6.45) is 1.10. The van der Waals surface area contributed by atoms with E-state index in [0.717, 1.165) is 11.1 Å². The fourth-order valence-electron chi connectivity index (χ4n) is 2.64. The van der Waals surface area contributed by atoms with Crippen molar-refractivity contribution >= 4 is 24.0 Å². The van der Waals surface area contributed by atoms with Crippen molar-refractivity contribution in [1.82, 2.24) is 10.6 Å². The van der Waals surface area contributed by atoms with E-state index >= 15 is 0 Å². The number of thiol groups is 1. The van der Waals surface area contributed by atoms with Crippen LogP contribution in [0.25, 0.3) is 0 Å². The molecule has 1 aromatic carbocycles. The molecule has 0 saturated carbocycles. The standard InChI is InChI=1S/C17H29FN4OS/c1-13(19)15-9-14(3-4-16(15)20)10-21-11-17(12-24,5-2-6-18)22-7-8-23/h3-4,9,19,21-24H,2,5-8,10-12,20H2,1H3. The monoisotopic (exact) mass is 356 g/mol. The number of hydrogen-bond donors (Lipinski definition) is 6. The number of rotatable bonds is 12. The molecule has 0 spiro atoms. The Balaban J connectivity index is 2.69. The maximum atomic E-state index is 12.6. The topological polar surface area (TPSA) is 94.2 Å². The number of nitrogens with two attached hydrogens (primary N) is 1. The molecule has 1 aromatic rings. The number of β-amino-alcohol motifs (C(OH)–C–C–N with tert-alkyl or cyclic N) is 1. The second-order valence-electron chi connectivity index (χ2n) is 6.03. The maximum absolute atomic E-state index is 12.6. The zero-order valence-corrected chi connectivity index (χ0v) is 15.1. The lowest BCUT2D eigenvalue weighted by atomic mass is 9.95. The van der Waals surface area contributed by atoms with Crippen molar-refractivity contribution in [3.63, 3.8) is 0 Å². The third-order valence-corrected chi connectivity index (χ3v) is 4.62. The Morgan fingerprint density at radius 1 is 1.46 bits per heavy atom. The van der Waals surface area contributed by atoms with Gasteiger partial charge in [-0.05, 0) is 37.5 Å². The Kier molecular flexibility index (Phi) is 9.28. The first kappa shape index (κ1) is 20.9. The zero-order valence-electron chi connectivity index (χ0n) is 14.2. The van der Waals surface area contributed by atoms with Crippen molar-refractivity contribution in [2.75, 3.05) is 37.9 Å². The first-order valence-corrected chi connectivity index (χ1v) is 8.78. The van der Waals surface area contributed by atoms with Gasteiger partial charge in [-0.25, -0.2) is 0 Å². The van der Waals surface area contributed by atoms with Gasteiger partial charge in [0.25, 0.3) is 0 Å². The zero-order chi connectivity index (χ0) is 18.0. The van der Waals surface area contributed by atoms with Crippen molar-refractivity contribution in [2.24, 2.45) is 0 Å². The molecule has 7 heteroatoms. The number of aliphatic hydroxyl groups is 1. The van der Waals surface area contributed by atoms with Crippen LogP contribution in [0.1, 0.15) is 30.9 Å². The summed E-state index contributed by atoms with van der Waals surface area (Å²) in [5, 5.41) is 23.5. The van der Waals surface area contributed by atoms with Crippen LogP contribution in [0.5, 0.6) is 0 Å². The number of nitrogen functional groups attached to an aromatic ring is 1. The summed E-state index contributed by atoms with van der Waals surface area (Å²) in [5.41, 5.74) is 8.34. The molecule has 0 bridgehead atoms. The molecular formula is C17H29FN4OS. The Bertz CT molecular complexity index is 519. The minimum atomic E-state index is -0.365. The van der Waals surface area contributed by atoms with Crippen molar-refractivity contribution in [3.8, 4) is 0 Å². The molecule has 5 nitrogen and oxygen atoms in total. The average Bonchev–Trinajstić information content (AvgIpc) is 2.58. The summed E-state index contributed by atoms with van der Waals surface area (Å²) in [7, 11) is 0. The average molecular weight is 357 g/mol. The molecule has 0 saturated heterocycles. The number of aliphatic hydroxyl groups excluding tert-OH is 1. The van der Waals surface area contributed by atoms with Crippen LogP contribution in [0.2, 0.25) is 0 Å². The third-order valence-electron chi connectivity index (χ3n) is 4.02. The van der Waals surface area contributed by atoms with Gasteiger partial charge in [-0.3, -0.25) is 4.39 Å². The minimum absolute atomic E-state index is 0.0328. The number of anilines is 1. The van der Waals surface area contributed by atoms with Crippen molar-refractivity contribution in [2.45, 2.75) is 31.8 Å². The highest BCUT2D eigenvalue weighted by atomic mass is 32.1. The summed E-state index contributed by atoms with van der Waals surface area (Å²) in [6, 6.07) is 5.65. The highest BCUT2D eigenvalue weighted by molar-refractivity contribution is 7.80. The first-order valence-electron chi connectivity index (χ1n) is 8.15. The van der Waals surface area contributed by atoms with E-state index in [-0.39, 0.29) is 18.8 Å². The van der Waals surface area contributed by atoms with E-state index in [4.69, 9.17) is 16.2 Å². The molecule has 0 heterocycles. The highest BCUT2D eigenvalue weighted by Gasteiger charge is 2.27. The quantitative estimate of drug-likeness (QED) is 0.195. The molecule has 1 rings (SSSR count). The predicted octanol–water partition coefficient (Wildman–Crippen LogP) is 1.75. The number of benzene rings is 1. The van der Waals surface area contributed by atoms with Crippen LogP contribution < -0.4 is 16.4 Å². The second-order valence-corrected chi connectivity index (χ2v) is 6.35. The SMILES string of the molecule is CC(=N)c1cc(CNCC(CS)(CCCF)NCCO)ccc1N. The van der Waals surface area contributed by atoms with Gasteiger partial charge in [0.05, 0.1) is 13.3 Å². The summed E-state index contributed by atoms with van der Waals surface area (Å²) in [5.74, 6) is 0.548. The number of hydrogen-bond acceptors (Lipinski definition) is 6. The summed E-state index contributed by atoms with van der Waals surface area (Å²) in [4.78, 5) is 0. The molecule has 0 aliphatic rings. The van der Waals surface area contributed by atoms with Gasteiger partial charge >= 0.3 is 0 Å². The largest absolute Gasteiger partial charge is 0.398 e. The maximum Gasteiger partial charge on any atom is 0.0895 e. The lowest BCUT2D eigenvalue weighted by Gasteiger charge is -2.34. The first-order chi connectivity index (χ1) is 11.5. The Labute approximate surface area is 149 Å². The molecule has 1 atom stereocenters. The summed E-state index contributed by atoms with van der Waals surface area (Å²) >= 11 is 4.41. The van der Waals surface area contributed by atoms with Gasteiger partial charge < -0.3 is 26.9 Å². The molecule has 0 amide bonds. The van der Waals surface area contributed by atoms with E-state index in [1.54, 1.807) is 6.92 Å². The van der Waals surface area contributed by atoms with Crippen LogP contribution >= 0.6 is 12.6 Å². The van der Waals surface area contributed by atoms with Crippen LogP contribution in [0, 0.1) is 5.41 Å². The van der Waals surface area contributed by atoms with Gasteiger partial charge in [-0.1, -0.05) is 6.07 Å². The molecular weight excluding hydrogens is 327 g/mol. The molecule has 0 aliphatic heterocycles. The van der Waals surface area contributed by atoms with Crippen LogP contribution in [-0.4, -0.2) is 48.5 Å². The van der Waals surface area contributed by atoms with Crippen molar-refractivity contribution in [3.05, 3.63) is 29.3 Å². The fourth-order valence-corrected chi connectivity index (χ4v) is 3.02. The van der Waals surface area contributed by atoms with E-state index in [9.17, 15) is 4.39 Å². The minimum Gasteiger partial charge on any atom is -0.398 e. The van der Waals surface area contributed by atoms with Crippen LogP contribution in [0.15, 0.2) is 18.2 Å². The molecule has 0 aliphatic carbocycles. The van der Waals surface area contributed by atoms with Crippen molar-refractivity contribution in [1.29, 1.82) is 5.41 Å². The normalized spacial score (nSPS) is 13.7. The van der Waals surface area contributed by atoms with Gasteiger partial charge in [0.1, 0.15) is 0 Å². The molecule has 1 unspecified atom stereocenters. The highest BCUT2D eigenvalue weighted by Crippen LogP contribution is 2.17. The molecule has 0 fully saturated rings. The number of halogens is 1. The Morgan fingerprint density at radius 2 is 2.21 bits per heavy atom. The van der Waals surface area contributed by atoms with Gasteiger partial charge in [0.15, 0.2) is 0 Å². The van der Waals surface area contributed by atoms with E-state index in [2.05, 4.69) is 23.3 Å². The van der Waals surface area contributed by atoms with Crippen molar-refractivity contribution < 1.29 is 9.50 Å².